The maximum Gasteiger partial charge on any atom is 0.0972 e. The summed E-state index contributed by atoms with van der Waals surface area (Å²) in [6.45, 7) is 6.60. The highest BCUT2D eigenvalue weighted by molar-refractivity contribution is 4.83. The minimum Gasteiger partial charge on any atom is -1.00 e. The van der Waals surface area contributed by atoms with Crippen molar-refractivity contribution in [2.24, 2.45) is 0 Å². The summed E-state index contributed by atoms with van der Waals surface area (Å²) in [7, 11) is 4.53. The van der Waals surface area contributed by atoms with E-state index in [1.807, 2.05) is 0 Å². The second-order valence-corrected chi connectivity index (χ2v) is 4.06. The van der Waals surface area contributed by atoms with Crippen LogP contribution in [0.3, 0.4) is 0 Å². The molecule has 0 aromatic heterocycles. The molecule has 0 aromatic rings. The smallest absolute Gasteiger partial charge is 0.0972 e. The van der Waals surface area contributed by atoms with E-state index in [4.69, 9.17) is 0 Å². The lowest BCUT2D eigenvalue weighted by Crippen LogP contribution is -3.00. The van der Waals surface area contributed by atoms with Gasteiger partial charge >= 0.3 is 0 Å². The van der Waals surface area contributed by atoms with Gasteiger partial charge in [0.1, 0.15) is 0 Å². The number of likely N-dealkylation sites (N-methyl/N-ethyl adjacent to an activating group) is 1. The Morgan fingerprint density at radius 3 is 1.43 bits per heavy atom. The molecule has 0 saturated heterocycles. The van der Waals surface area contributed by atoms with Gasteiger partial charge in [0.2, 0.25) is 0 Å². The second-order valence-electron chi connectivity index (χ2n) is 4.06. The highest BCUT2D eigenvalue weighted by Crippen LogP contribution is 1.98. The van der Waals surface area contributed by atoms with E-state index < -0.39 is 0 Å². The Bertz CT molecular complexity index is 153. The molecule has 14 heavy (non-hydrogen) atoms. The molecule has 0 atom stereocenters. The maximum absolute atomic E-state index is 2.28. The van der Waals surface area contributed by atoms with Crippen LogP contribution in [0.2, 0.25) is 0 Å². The number of allylic oxidation sites excluding steroid dienone is 2. The van der Waals surface area contributed by atoms with E-state index in [1.54, 1.807) is 0 Å². The fraction of sp³-hybridized carbons (Fsp3) is 0.667. The highest BCUT2D eigenvalue weighted by Gasteiger charge is 2.08. The Morgan fingerprint density at radius 1 is 0.786 bits per heavy atom. The molecule has 1 nitrogen and oxygen atoms in total. The lowest BCUT2D eigenvalue weighted by Gasteiger charge is -2.26. The standard InChI is InChI=1S/C12H24N.ClH/c1-5-7-9-11-13(3,4)12-10-8-6-2;/h7-10H,5-6,11-12H2,1-4H3;1H/q+1;/p-1. The van der Waals surface area contributed by atoms with Crippen molar-refractivity contribution < 1.29 is 16.9 Å². The molecule has 0 rings (SSSR count). The summed E-state index contributed by atoms with van der Waals surface area (Å²) < 4.78 is 1.05. The average Bonchev–Trinajstić information content (AvgIpc) is 2.05. The van der Waals surface area contributed by atoms with Crippen LogP contribution in [0.1, 0.15) is 26.7 Å². The number of quaternary nitrogens is 1. The Hall–Kier alpha value is -0.270. The van der Waals surface area contributed by atoms with Gasteiger partial charge in [-0.25, -0.2) is 0 Å². The van der Waals surface area contributed by atoms with E-state index in [1.165, 1.54) is 0 Å². The molecular weight excluding hydrogens is 194 g/mol. The average molecular weight is 218 g/mol. The molecule has 0 aromatic carbocycles. The summed E-state index contributed by atoms with van der Waals surface area (Å²) in [5.74, 6) is 0. The number of hydrogen-bond acceptors (Lipinski definition) is 0. The molecule has 84 valence electrons. The monoisotopic (exact) mass is 217 g/mol. The molecule has 0 spiro atoms. The first kappa shape index (κ1) is 16.2. The molecule has 0 radical (unpaired) electrons. The first-order valence-corrected chi connectivity index (χ1v) is 5.24. The van der Waals surface area contributed by atoms with E-state index in [2.05, 4.69) is 52.2 Å². The lowest BCUT2D eigenvalue weighted by atomic mass is 10.3. The van der Waals surface area contributed by atoms with Crippen molar-refractivity contribution in [3.8, 4) is 0 Å². The van der Waals surface area contributed by atoms with Crippen molar-refractivity contribution in [1.29, 1.82) is 0 Å². The fourth-order valence-corrected chi connectivity index (χ4v) is 1.13. The quantitative estimate of drug-likeness (QED) is 0.434. The summed E-state index contributed by atoms with van der Waals surface area (Å²) in [5, 5.41) is 0. The number of hydrogen-bond donors (Lipinski definition) is 0. The zero-order valence-electron chi connectivity index (χ0n) is 9.96. The van der Waals surface area contributed by atoms with Crippen molar-refractivity contribution in [3.63, 3.8) is 0 Å². The first-order chi connectivity index (χ1) is 6.12. The predicted octanol–water partition coefficient (Wildman–Crippen LogP) is -0.000800. The first-order valence-electron chi connectivity index (χ1n) is 5.24. The molecular formula is C12H24ClN. The summed E-state index contributed by atoms with van der Waals surface area (Å²) in [6.07, 6.45) is 11.3. The van der Waals surface area contributed by atoms with Crippen LogP contribution in [0, 0.1) is 0 Å². The zero-order chi connectivity index (χ0) is 10.2. The Kier molecular flexibility index (Phi) is 10.7. The Morgan fingerprint density at radius 2 is 1.14 bits per heavy atom. The van der Waals surface area contributed by atoms with E-state index in [-0.39, 0.29) is 12.4 Å². The van der Waals surface area contributed by atoms with Gasteiger partial charge in [0.25, 0.3) is 0 Å². The molecule has 0 aliphatic carbocycles. The van der Waals surface area contributed by atoms with Gasteiger partial charge in [-0.3, -0.25) is 0 Å². The molecule has 0 saturated carbocycles. The van der Waals surface area contributed by atoms with Crippen LogP contribution in [-0.4, -0.2) is 31.7 Å². The third-order valence-corrected chi connectivity index (χ3v) is 2.00. The van der Waals surface area contributed by atoms with Crippen molar-refractivity contribution in [3.05, 3.63) is 24.3 Å². The zero-order valence-corrected chi connectivity index (χ0v) is 10.7. The third kappa shape index (κ3) is 9.82. The minimum absolute atomic E-state index is 0. The SMILES string of the molecule is CCC=CC[N+](C)(C)CC=CCC.[Cl-]. The molecule has 0 N–H and O–H groups in total. The van der Waals surface area contributed by atoms with E-state index in [0.29, 0.717) is 0 Å². The molecule has 0 heterocycles. The molecule has 2 heteroatoms. The molecule has 0 amide bonds. The van der Waals surface area contributed by atoms with Crippen LogP contribution in [0.15, 0.2) is 24.3 Å². The van der Waals surface area contributed by atoms with Crippen LogP contribution >= 0.6 is 0 Å². The van der Waals surface area contributed by atoms with Gasteiger partial charge in [-0.15, -0.1) is 0 Å². The van der Waals surface area contributed by atoms with Gasteiger partial charge in [0.15, 0.2) is 0 Å². The van der Waals surface area contributed by atoms with Gasteiger partial charge in [-0.1, -0.05) is 26.0 Å². The van der Waals surface area contributed by atoms with Crippen molar-refractivity contribution >= 4 is 0 Å². The van der Waals surface area contributed by atoms with Crippen LogP contribution in [0.25, 0.3) is 0 Å². The summed E-state index contributed by atoms with van der Waals surface area (Å²) in [6, 6.07) is 0. The van der Waals surface area contributed by atoms with Crippen LogP contribution in [0.5, 0.6) is 0 Å². The minimum atomic E-state index is 0. The molecule has 0 unspecified atom stereocenters. The Balaban J connectivity index is 0. The molecule has 0 fully saturated rings. The Labute approximate surface area is 95.5 Å². The van der Waals surface area contributed by atoms with Gasteiger partial charge in [-0.2, -0.15) is 0 Å². The van der Waals surface area contributed by atoms with Crippen molar-refractivity contribution in [2.75, 3.05) is 27.2 Å². The number of rotatable bonds is 6. The van der Waals surface area contributed by atoms with Gasteiger partial charge in [0.05, 0.1) is 27.2 Å². The summed E-state index contributed by atoms with van der Waals surface area (Å²) in [5.41, 5.74) is 0. The lowest BCUT2D eigenvalue weighted by molar-refractivity contribution is -0.878. The predicted molar refractivity (Wildman–Crippen MR) is 60.7 cm³/mol. The van der Waals surface area contributed by atoms with Crippen LogP contribution in [-0.2, 0) is 0 Å². The fourth-order valence-electron chi connectivity index (χ4n) is 1.13. The van der Waals surface area contributed by atoms with E-state index >= 15 is 0 Å². The van der Waals surface area contributed by atoms with Crippen LogP contribution < -0.4 is 12.4 Å². The highest BCUT2D eigenvalue weighted by atomic mass is 35.5. The van der Waals surface area contributed by atoms with Crippen molar-refractivity contribution in [1.82, 2.24) is 0 Å². The third-order valence-electron chi connectivity index (χ3n) is 2.00. The van der Waals surface area contributed by atoms with E-state index in [9.17, 15) is 0 Å². The summed E-state index contributed by atoms with van der Waals surface area (Å²) >= 11 is 0. The normalized spacial score (nSPS) is 12.3. The molecule has 0 aliphatic heterocycles. The second kappa shape index (κ2) is 9.29. The topological polar surface area (TPSA) is 0 Å². The number of nitrogens with zero attached hydrogens (tertiary/aromatic N) is 1. The van der Waals surface area contributed by atoms with Gasteiger partial charge in [0, 0.05) is 0 Å². The van der Waals surface area contributed by atoms with Crippen molar-refractivity contribution in [2.45, 2.75) is 26.7 Å². The van der Waals surface area contributed by atoms with E-state index in [0.717, 1.165) is 30.4 Å². The maximum atomic E-state index is 2.28. The largest absolute Gasteiger partial charge is 1.00 e. The molecule has 0 bridgehead atoms. The number of halogens is 1. The van der Waals surface area contributed by atoms with Gasteiger partial charge in [-0.05, 0) is 25.0 Å². The molecule has 0 aliphatic rings. The summed E-state index contributed by atoms with van der Waals surface area (Å²) in [4.78, 5) is 0. The van der Waals surface area contributed by atoms with Gasteiger partial charge < -0.3 is 16.9 Å². The van der Waals surface area contributed by atoms with Crippen LogP contribution in [0.4, 0.5) is 0 Å².